The molecule has 3 rings (SSSR count). The molecular weight excluding hydrogens is 375 g/mol. The van der Waals surface area contributed by atoms with Crippen LogP contribution in [0.5, 0.6) is 0 Å². The van der Waals surface area contributed by atoms with Gasteiger partial charge >= 0.3 is 0 Å². The van der Waals surface area contributed by atoms with Crippen LogP contribution in [0.25, 0.3) is 11.5 Å². The second-order valence-corrected chi connectivity index (χ2v) is 7.53. The van der Waals surface area contributed by atoms with Gasteiger partial charge in [-0.05, 0) is 37.0 Å². The van der Waals surface area contributed by atoms with Crippen molar-refractivity contribution in [1.29, 1.82) is 0 Å². The van der Waals surface area contributed by atoms with E-state index in [1.165, 1.54) is 0 Å². The van der Waals surface area contributed by atoms with Gasteiger partial charge < -0.3 is 15.6 Å². The largest absolute Gasteiger partial charge is 0.334 e. The van der Waals surface area contributed by atoms with Gasteiger partial charge in [0.1, 0.15) is 0 Å². The fourth-order valence-corrected chi connectivity index (χ4v) is 3.31. The molecule has 26 heavy (non-hydrogen) atoms. The quantitative estimate of drug-likeness (QED) is 0.771. The Hall–Kier alpha value is -1.63. The minimum atomic E-state index is -0.517. The number of aromatic nitrogens is 2. The summed E-state index contributed by atoms with van der Waals surface area (Å²) >= 11 is 6.28. The van der Waals surface area contributed by atoms with Gasteiger partial charge in [-0.15, -0.1) is 12.4 Å². The number of rotatable bonds is 5. The third-order valence-electron chi connectivity index (χ3n) is 4.44. The van der Waals surface area contributed by atoms with Crippen LogP contribution in [-0.4, -0.2) is 16.0 Å². The summed E-state index contributed by atoms with van der Waals surface area (Å²) in [6, 6.07) is 5.21. The third-order valence-corrected chi connectivity index (χ3v) is 4.77. The number of hydrogen-bond acceptors (Lipinski definition) is 5. The van der Waals surface area contributed by atoms with Crippen LogP contribution in [0.2, 0.25) is 5.02 Å². The van der Waals surface area contributed by atoms with Gasteiger partial charge in [0.15, 0.2) is 5.82 Å². The first kappa shape index (κ1) is 20.7. The molecule has 0 saturated heterocycles. The van der Waals surface area contributed by atoms with Gasteiger partial charge in [0, 0.05) is 12.1 Å². The van der Waals surface area contributed by atoms with Gasteiger partial charge in [-0.2, -0.15) is 4.98 Å². The molecule has 0 unspecified atom stereocenters. The summed E-state index contributed by atoms with van der Waals surface area (Å²) in [4.78, 5) is 16.4. The summed E-state index contributed by atoms with van der Waals surface area (Å²) in [5.74, 6) is 1.08. The smallest absolute Gasteiger partial charge is 0.259 e. The van der Waals surface area contributed by atoms with Crippen molar-refractivity contribution in [2.24, 2.45) is 11.7 Å². The third kappa shape index (κ3) is 4.55. The maximum Gasteiger partial charge on any atom is 0.259 e. The Morgan fingerprint density at radius 2 is 2.08 bits per heavy atom. The molecule has 0 aliphatic heterocycles. The Labute approximate surface area is 164 Å². The molecule has 1 aromatic carbocycles. The Morgan fingerprint density at radius 1 is 1.38 bits per heavy atom. The number of anilines is 1. The van der Waals surface area contributed by atoms with E-state index >= 15 is 0 Å². The van der Waals surface area contributed by atoms with Crippen molar-refractivity contribution in [1.82, 2.24) is 10.1 Å². The van der Waals surface area contributed by atoms with Crippen molar-refractivity contribution in [3.8, 4) is 11.5 Å². The van der Waals surface area contributed by atoms with Gasteiger partial charge in [-0.1, -0.05) is 43.4 Å². The highest BCUT2D eigenvalue weighted by Crippen LogP contribution is 2.36. The number of halogens is 2. The van der Waals surface area contributed by atoms with Crippen molar-refractivity contribution in [2.45, 2.75) is 51.5 Å². The molecule has 6 nitrogen and oxygen atoms in total. The average molecular weight is 399 g/mol. The summed E-state index contributed by atoms with van der Waals surface area (Å²) in [6.07, 6.45) is 4.30. The van der Waals surface area contributed by atoms with E-state index in [2.05, 4.69) is 15.5 Å². The van der Waals surface area contributed by atoms with Gasteiger partial charge in [0.05, 0.1) is 16.1 Å². The van der Waals surface area contributed by atoms with Crippen molar-refractivity contribution in [3.05, 3.63) is 29.0 Å². The van der Waals surface area contributed by atoms with Crippen LogP contribution in [-0.2, 0) is 10.3 Å². The van der Waals surface area contributed by atoms with Crippen LogP contribution in [0.3, 0.4) is 0 Å². The summed E-state index contributed by atoms with van der Waals surface area (Å²) in [5, 5.41) is 7.41. The van der Waals surface area contributed by atoms with Crippen molar-refractivity contribution < 1.29 is 9.32 Å². The molecule has 0 radical (unpaired) electrons. The van der Waals surface area contributed by atoms with Crippen LogP contribution in [0.1, 0.15) is 51.8 Å². The number of hydrogen-bond donors (Lipinski definition) is 2. The maximum absolute atomic E-state index is 12.0. The number of nitrogens with zero attached hydrogens (tertiary/aromatic N) is 2. The number of nitrogens with two attached hydrogens (primary N) is 1. The lowest BCUT2D eigenvalue weighted by Gasteiger charge is -2.17. The Balaban J connectivity index is 0.00000243. The van der Waals surface area contributed by atoms with E-state index in [1.807, 2.05) is 13.8 Å². The predicted molar refractivity (Wildman–Crippen MR) is 104 cm³/mol. The maximum atomic E-state index is 12.0. The normalized spacial score (nSPS) is 15.7. The first-order valence-electron chi connectivity index (χ1n) is 8.60. The van der Waals surface area contributed by atoms with E-state index < -0.39 is 5.54 Å². The molecule has 0 bridgehead atoms. The summed E-state index contributed by atoms with van der Waals surface area (Å²) < 4.78 is 5.40. The zero-order chi connectivity index (χ0) is 18.0. The number of benzene rings is 1. The highest BCUT2D eigenvalue weighted by atomic mass is 35.5. The first-order chi connectivity index (χ1) is 11.9. The molecule has 8 heteroatoms. The fourth-order valence-electron chi connectivity index (χ4n) is 3.11. The van der Waals surface area contributed by atoms with Crippen molar-refractivity contribution in [3.63, 3.8) is 0 Å². The molecule has 2 aromatic rings. The molecule has 0 spiro atoms. The van der Waals surface area contributed by atoms with Crippen LogP contribution >= 0.6 is 24.0 Å². The minimum Gasteiger partial charge on any atom is -0.334 e. The molecule has 1 aliphatic carbocycles. The van der Waals surface area contributed by atoms with E-state index in [4.69, 9.17) is 21.9 Å². The van der Waals surface area contributed by atoms with Crippen molar-refractivity contribution >= 4 is 35.6 Å². The van der Waals surface area contributed by atoms with Crippen LogP contribution in [0.15, 0.2) is 22.7 Å². The minimum absolute atomic E-state index is 0. The van der Waals surface area contributed by atoms with E-state index in [0.717, 1.165) is 25.7 Å². The number of amides is 1. The Kier molecular flexibility index (Phi) is 6.66. The Morgan fingerprint density at radius 3 is 2.73 bits per heavy atom. The van der Waals surface area contributed by atoms with Gasteiger partial charge in [0.2, 0.25) is 5.91 Å². The second kappa shape index (κ2) is 8.37. The molecule has 1 saturated carbocycles. The van der Waals surface area contributed by atoms with E-state index in [0.29, 0.717) is 34.4 Å². The van der Waals surface area contributed by atoms with Crippen molar-refractivity contribution in [2.75, 3.05) is 5.32 Å². The second-order valence-electron chi connectivity index (χ2n) is 7.13. The molecule has 0 atom stereocenters. The SMILES string of the molecule is CC(C)CC(=O)Nc1ccc(Cl)c(-c2nc(C3(N)CCCC3)no2)c1.Cl. The Bertz CT molecular complexity index is 770. The molecule has 1 aromatic heterocycles. The number of carbonyl (C=O) groups excluding carboxylic acids is 1. The molecule has 3 N–H and O–H groups in total. The summed E-state index contributed by atoms with van der Waals surface area (Å²) in [6.45, 7) is 4.00. The molecule has 1 fully saturated rings. The van der Waals surface area contributed by atoms with Gasteiger partial charge in [-0.25, -0.2) is 0 Å². The zero-order valence-corrected chi connectivity index (χ0v) is 16.5. The lowest BCUT2D eigenvalue weighted by molar-refractivity contribution is -0.116. The van der Waals surface area contributed by atoms with Crippen LogP contribution in [0.4, 0.5) is 5.69 Å². The lowest BCUT2D eigenvalue weighted by atomic mass is 9.99. The average Bonchev–Trinajstić information content (AvgIpc) is 3.18. The number of nitrogens with one attached hydrogen (secondary N) is 1. The zero-order valence-electron chi connectivity index (χ0n) is 14.9. The van der Waals surface area contributed by atoms with E-state index in [1.54, 1.807) is 18.2 Å². The van der Waals surface area contributed by atoms with Crippen LogP contribution < -0.4 is 11.1 Å². The monoisotopic (exact) mass is 398 g/mol. The molecular formula is C18H24Cl2N4O2. The molecule has 142 valence electrons. The molecule has 1 heterocycles. The number of carbonyl (C=O) groups is 1. The van der Waals surface area contributed by atoms with Gasteiger partial charge in [-0.3, -0.25) is 4.79 Å². The van der Waals surface area contributed by atoms with E-state index in [9.17, 15) is 4.79 Å². The standard InChI is InChI=1S/C18H23ClN4O2.ClH/c1-11(2)9-15(24)21-12-5-6-14(19)13(10-12)16-22-17(23-25-16)18(20)7-3-4-8-18;/h5-6,10-11H,3-4,7-9,20H2,1-2H3,(H,21,24);1H. The predicted octanol–water partition coefficient (Wildman–Crippen LogP) is 4.52. The first-order valence-corrected chi connectivity index (χ1v) is 8.98. The van der Waals surface area contributed by atoms with E-state index in [-0.39, 0.29) is 24.2 Å². The lowest BCUT2D eigenvalue weighted by Crippen LogP contribution is -2.34. The van der Waals surface area contributed by atoms with Gasteiger partial charge in [0.25, 0.3) is 5.89 Å². The summed E-state index contributed by atoms with van der Waals surface area (Å²) in [7, 11) is 0. The highest BCUT2D eigenvalue weighted by molar-refractivity contribution is 6.33. The topological polar surface area (TPSA) is 94.0 Å². The summed E-state index contributed by atoms with van der Waals surface area (Å²) in [5.41, 5.74) is 7.09. The molecule has 1 aliphatic rings. The molecule has 1 amide bonds. The highest BCUT2D eigenvalue weighted by Gasteiger charge is 2.36. The van der Waals surface area contributed by atoms with Crippen LogP contribution in [0, 0.1) is 5.92 Å². The fraction of sp³-hybridized carbons (Fsp3) is 0.500.